The van der Waals surface area contributed by atoms with Crippen molar-refractivity contribution in [2.24, 2.45) is 4.99 Å². The van der Waals surface area contributed by atoms with Crippen LogP contribution in [0.4, 0.5) is 0 Å². The van der Waals surface area contributed by atoms with Gasteiger partial charge in [0.2, 0.25) is 0 Å². The van der Waals surface area contributed by atoms with E-state index >= 15 is 0 Å². The molecule has 162 valence electrons. The van der Waals surface area contributed by atoms with Gasteiger partial charge in [-0.15, -0.1) is 0 Å². The lowest BCUT2D eigenvalue weighted by Gasteiger charge is -2.35. The van der Waals surface area contributed by atoms with Gasteiger partial charge >= 0.3 is 0 Å². The van der Waals surface area contributed by atoms with Crippen LogP contribution in [0.3, 0.4) is 0 Å². The molecule has 6 nitrogen and oxygen atoms in total. The SMILES string of the molecule is CN=C(NCCc1ccc(C)c(OC)c1)NCC(c1ccccc1)N1CCOCC1. The molecule has 0 amide bonds. The summed E-state index contributed by atoms with van der Waals surface area (Å²) in [6.07, 6.45) is 0.906. The summed E-state index contributed by atoms with van der Waals surface area (Å²) in [7, 11) is 3.53. The number of nitrogens with one attached hydrogen (secondary N) is 2. The molecule has 1 fully saturated rings. The largest absolute Gasteiger partial charge is 0.496 e. The minimum Gasteiger partial charge on any atom is -0.496 e. The molecule has 2 aromatic rings. The molecule has 2 N–H and O–H groups in total. The molecule has 30 heavy (non-hydrogen) atoms. The highest BCUT2D eigenvalue weighted by Crippen LogP contribution is 2.21. The van der Waals surface area contributed by atoms with Gasteiger partial charge in [-0.1, -0.05) is 42.5 Å². The van der Waals surface area contributed by atoms with Gasteiger partial charge < -0.3 is 20.1 Å². The Morgan fingerprint density at radius 3 is 2.60 bits per heavy atom. The number of hydrogen-bond acceptors (Lipinski definition) is 4. The third kappa shape index (κ3) is 6.21. The smallest absolute Gasteiger partial charge is 0.191 e. The van der Waals surface area contributed by atoms with Crippen molar-refractivity contribution >= 4 is 5.96 Å². The number of guanidine groups is 1. The maximum absolute atomic E-state index is 5.54. The first-order valence-electron chi connectivity index (χ1n) is 10.7. The Bertz CT molecular complexity index is 804. The summed E-state index contributed by atoms with van der Waals surface area (Å²) < 4.78 is 11.0. The molecule has 6 heteroatoms. The standard InChI is InChI=1S/C24H34N4O2/c1-19-9-10-20(17-23(19)29-3)11-12-26-24(25-2)27-18-22(21-7-5-4-6-8-21)28-13-15-30-16-14-28/h4-10,17,22H,11-16,18H2,1-3H3,(H2,25,26,27). The number of methoxy groups -OCH3 is 1. The maximum atomic E-state index is 5.54. The molecular weight excluding hydrogens is 376 g/mol. The molecule has 0 spiro atoms. The molecule has 0 radical (unpaired) electrons. The highest BCUT2D eigenvalue weighted by molar-refractivity contribution is 5.79. The van der Waals surface area contributed by atoms with Crippen molar-refractivity contribution in [1.29, 1.82) is 0 Å². The minimum absolute atomic E-state index is 0.287. The van der Waals surface area contributed by atoms with Crippen LogP contribution >= 0.6 is 0 Å². The molecule has 1 saturated heterocycles. The average molecular weight is 411 g/mol. The van der Waals surface area contributed by atoms with Gasteiger partial charge in [0.15, 0.2) is 5.96 Å². The molecule has 2 aromatic carbocycles. The van der Waals surface area contributed by atoms with E-state index in [1.807, 2.05) is 7.05 Å². The lowest BCUT2D eigenvalue weighted by Crippen LogP contribution is -2.46. The van der Waals surface area contributed by atoms with Crippen molar-refractivity contribution in [1.82, 2.24) is 15.5 Å². The monoisotopic (exact) mass is 410 g/mol. The Kier molecular flexibility index (Phi) is 8.53. The number of aliphatic imine (C=N–C) groups is 1. The Morgan fingerprint density at radius 2 is 1.90 bits per heavy atom. The Balaban J connectivity index is 1.54. The number of ether oxygens (including phenoxy) is 2. The fourth-order valence-electron chi connectivity index (χ4n) is 3.78. The van der Waals surface area contributed by atoms with Crippen LogP contribution < -0.4 is 15.4 Å². The molecule has 0 aromatic heterocycles. The molecule has 1 aliphatic rings. The van der Waals surface area contributed by atoms with Gasteiger partial charge in [0, 0.05) is 33.2 Å². The fraction of sp³-hybridized carbons (Fsp3) is 0.458. The van der Waals surface area contributed by atoms with E-state index in [4.69, 9.17) is 9.47 Å². The normalized spacial score (nSPS) is 16.2. The average Bonchev–Trinajstić information content (AvgIpc) is 2.80. The molecule has 0 saturated carbocycles. The highest BCUT2D eigenvalue weighted by Gasteiger charge is 2.22. The van der Waals surface area contributed by atoms with E-state index in [1.54, 1.807) is 7.11 Å². The van der Waals surface area contributed by atoms with Gasteiger partial charge in [-0.2, -0.15) is 0 Å². The third-order valence-corrected chi connectivity index (χ3v) is 5.54. The van der Waals surface area contributed by atoms with Crippen LogP contribution in [-0.4, -0.2) is 64.4 Å². The Hall–Kier alpha value is -2.57. The summed E-state index contributed by atoms with van der Waals surface area (Å²) in [5.41, 5.74) is 3.71. The second-order valence-electron chi connectivity index (χ2n) is 7.51. The molecular formula is C24H34N4O2. The van der Waals surface area contributed by atoms with Crippen molar-refractivity contribution < 1.29 is 9.47 Å². The van der Waals surface area contributed by atoms with E-state index in [9.17, 15) is 0 Å². The summed E-state index contributed by atoms with van der Waals surface area (Å²) in [5.74, 6) is 1.76. The second-order valence-corrected chi connectivity index (χ2v) is 7.51. The van der Waals surface area contributed by atoms with E-state index < -0.39 is 0 Å². The van der Waals surface area contributed by atoms with Gasteiger partial charge in [-0.3, -0.25) is 9.89 Å². The zero-order chi connectivity index (χ0) is 21.2. The van der Waals surface area contributed by atoms with E-state index in [0.29, 0.717) is 0 Å². The zero-order valence-electron chi connectivity index (χ0n) is 18.4. The predicted molar refractivity (Wildman–Crippen MR) is 122 cm³/mol. The lowest BCUT2D eigenvalue weighted by molar-refractivity contribution is 0.0170. The molecule has 0 aliphatic carbocycles. The topological polar surface area (TPSA) is 58.1 Å². The van der Waals surface area contributed by atoms with Crippen LogP contribution in [0.2, 0.25) is 0 Å². The molecule has 1 atom stereocenters. The van der Waals surface area contributed by atoms with Crippen LogP contribution in [0.1, 0.15) is 22.7 Å². The summed E-state index contributed by atoms with van der Waals surface area (Å²) >= 11 is 0. The van der Waals surface area contributed by atoms with Gasteiger partial charge in [-0.05, 0) is 36.1 Å². The van der Waals surface area contributed by atoms with Gasteiger partial charge in [0.05, 0.1) is 26.4 Å². The zero-order valence-corrected chi connectivity index (χ0v) is 18.4. The van der Waals surface area contributed by atoms with Crippen LogP contribution in [0.15, 0.2) is 53.5 Å². The molecule has 1 unspecified atom stereocenters. The summed E-state index contributed by atoms with van der Waals surface area (Å²) in [4.78, 5) is 6.89. The quantitative estimate of drug-likeness (QED) is 0.518. The lowest BCUT2D eigenvalue weighted by atomic mass is 10.0. The predicted octanol–water partition coefficient (Wildman–Crippen LogP) is 2.78. The van der Waals surface area contributed by atoms with Crippen molar-refractivity contribution in [3.63, 3.8) is 0 Å². The number of aryl methyl sites for hydroxylation is 1. The first-order valence-corrected chi connectivity index (χ1v) is 10.7. The Morgan fingerprint density at radius 1 is 1.13 bits per heavy atom. The van der Waals surface area contributed by atoms with E-state index in [0.717, 1.165) is 63.1 Å². The van der Waals surface area contributed by atoms with Gasteiger partial charge in [-0.25, -0.2) is 0 Å². The summed E-state index contributed by atoms with van der Waals surface area (Å²) in [6, 6.07) is 17.3. The molecule has 3 rings (SSSR count). The number of rotatable bonds is 8. The molecule has 1 heterocycles. The first kappa shape index (κ1) is 22.1. The second kappa shape index (κ2) is 11.6. The van der Waals surface area contributed by atoms with Crippen LogP contribution in [0.5, 0.6) is 5.75 Å². The third-order valence-electron chi connectivity index (χ3n) is 5.54. The van der Waals surface area contributed by atoms with Crippen molar-refractivity contribution in [2.75, 3.05) is 53.6 Å². The van der Waals surface area contributed by atoms with Gasteiger partial charge in [0.1, 0.15) is 5.75 Å². The van der Waals surface area contributed by atoms with Crippen molar-refractivity contribution in [3.8, 4) is 5.75 Å². The molecule has 1 aliphatic heterocycles. The highest BCUT2D eigenvalue weighted by atomic mass is 16.5. The summed E-state index contributed by atoms with van der Waals surface area (Å²) in [5, 5.41) is 6.95. The van der Waals surface area contributed by atoms with Crippen molar-refractivity contribution in [2.45, 2.75) is 19.4 Å². The summed E-state index contributed by atoms with van der Waals surface area (Å²) in [6.45, 7) is 7.13. The van der Waals surface area contributed by atoms with Gasteiger partial charge in [0.25, 0.3) is 0 Å². The van der Waals surface area contributed by atoms with Crippen molar-refractivity contribution in [3.05, 3.63) is 65.2 Å². The maximum Gasteiger partial charge on any atom is 0.191 e. The van der Waals surface area contributed by atoms with E-state index in [2.05, 4.69) is 76.0 Å². The number of benzene rings is 2. The van der Waals surface area contributed by atoms with Crippen LogP contribution in [0.25, 0.3) is 0 Å². The Labute approximate surface area is 180 Å². The number of nitrogens with zero attached hydrogens (tertiary/aromatic N) is 2. The van der Waals surface area contributed by atoms with E-state index in [1.165, 1.54) is 11.1 Å². The first-order chi connectivity index (χ1) is 14.7. The number of hydrogen-bond donors (Lipinski definition) is 2. The minimum atomic E-state index is 0.287. The number of morpholine rings is 1. The van der Waals surface area contributed by atoms with Crippen LogP contribution in [0, 0.1) is 6.92 Å². The van der Waals surface area contributed by atoms with Crippen LogP contribution in [-0.2, 0) is 11.2 Å². The molecule has 0 bridgehead atoms. The van der Waals surface area contributed by atoms with E-state index in [-0.39, 0.29) is 6.04 Å². The fourth-order valence-corrected chi connectivity index (χ4v) is 3.78.